The number of carbonyl (C=O) groups is 4. The first-order chi connectivity index (χ1) is 23.3. The highest BCUT2D eigenvalue weighted by atomic mass is 127. The maximum atomic E-state index is 15.6. The Morgan fingerprint density at radius 3 is 2.51 bits per heavy atom. The predicted octanol–water partition coefficient (Wildman–Crippen LogP) is 6.25. The molecular formula is C33H30ClF3IN7O4. The molecule has 11 nitrogen and oxygen atoms in total. The molecular weight excluding hydrogens is 778 g/mol. The lowest BCUT2D eigenvalue weighted by atomic mass is 10.0. The van der Waals surface area contributed by atoms with Crippen molar-refractivity contribution in [3.8, 4) is 11.1 Å². The zero-order valence-corrected chi connectivity index (χ0v) is 28.7. The molecule has 0 aliphatic carbocycles. The number of nitrogens with two attached hydrogens (primary N) is 1. The van der Waals surface area contributed by atoms with Crippen molar-refractivity contribution in [2.45, 2.75) is 48.2 Å². The summed E-state index contributed by atoms with van der Waals surface area (Å²) in [5, 5.41) is 10.0. The average molecular weight is 808 g/mol. The van der Waals surface area contributed by atoms with Crippen LogP contribution in [0.4, 0.5) is 29.3 Å². The number of halogens is 5. The molecule has 49 heavy (non-hydrogen) atoms. The largest absolute Gasteiger partial charge is 0.364 e. The second kappa shape index (κ2) is 13.9. The number of hydrogen-bond donors (Lipinski definition) is 3. The van der Waals surface area contributed by atoms with Crippen LogP contribution in [-0.4, -0.2) is 72.4 Å². The number of amides is 5. The average Bonchev–Trinajstić information content (AvgIpc) is 3.62. The van der Waals surface area contributed by atoms with Crippen LogP contribution in [0.3, 0.4) is 0 Å². The molecule has 2 aliphatic rings. The third-order valence-corrected chi connectivity index (χ3v) is 10.1. The lowest BCUT2D eigenvalue weighted by Gasteiger charge is -2.32. The van der Waals surface area contributed by atoms with Crippen LogP contribution >= 0.6 is 34.2 Å². The van der Waals surface area contributed by atoms with Crippen LogP contribution in [0.25, 0.3) is 22.0 Å². The Balaban J connectivity index is 1.20. The summed E-state index contributed by atoms with van der Waals surface area (Å²) in [5.41, 5.74) is 6.59. The van der Waals surface area contributed by atoms with Crippen molar-refractivity contribution >= 4 is 80.2 Å². The summed E-state index contributed by atoms with van der Waals surface area (Å²) >= 11 is 8.34. The Morgan fingerprint density at radius 1 is 1.02 bits per heavy atom. The van der Waals surface area contributed by atoms with E-state index in [-0.39, 0.29) is 58.0 Å². The van der Waals surface area contributed by atoms with Gasteiger partial charge in [0.25, 0.3) is 11.8 Å². The number of carbonyl (C=O) groups excluding carboxylic acids is 4. The number of benzene rings is 3. The summed E-state index contributed by atoms with van der Waals surface area (Å²) in [6.07, 6.45) is 0.707. The first kappa shape index (κ1) is 34.5. The van der Waals surface area contributed by atoms with Gasteiger partial charge in [0.1, 0.15) is 12.6 Å². The molecule has 0 spiro atoms. The van der Waals surface area contributed by atoms with Gasteiger partial charge < -0.3 is 26.2 Å². The van der Waals surface area contributed by atoms with Gasteiger partial charge >= 0.3 is 6.03 Å². The van der Waals surface area contributed by atoms with Crippen LogP contribution in [0.5, 0.6) is 0 Å². The lowest BCUT2D eigenvalue weighted by molar-refractivity contribution is -0.137. The number of anilines is 2. The molecule has 0 radical (unpaired) electrons. The van der Waals surface area contributed by atoms with E-state index in [4.69, 9.17) is 17.3 Å². The van der Waals surface area contributed by atoms with Gasteiger partial charge in [0.05, 0.1) is 21.8 Å². The van der Waals surface area contributed by atoms with Crippen LogP contribution in [0.1, 0.15) is 36.2 Å². The summed E-state index contributed by atoms with van der Waals surface area (Å²) in [7, 11) is 0. The molecule has 3 heterocycles. The van der Waals surface area contributed by atoms with Gasteiger partial charge in [-0.3, -0.25) is 19.1 Å². The third kappa shape index (κ3) is 7.18. The van der Waals surface area contributed by atoms with Gasteiger partial charge in [-0.05, 0) is 49.6 Å². The molecule has 4 aromatic rings. The van der Waals surface area contributed by atoms with E-state index in [1.807, 2.05) is 0 Å². The van der Waals surface area contributed by atoms with E-state index in [0.717, 1.165) is 4.90 Å². The monoisotopic (exact) mass is 807 g/mol. The first-order valence-electron chi connectivity index (χ1n) is 15.4. The Bertz CT molecular complexity index is 1980. The van der Waals surface area contributed by atoms with Gasteiger partial charge in [0.2, 0.25) is 11.8 Å². The summed E-state index contributed by atoms with van der Waals surface area (Å²) in [6, 6.07) is 14.1. The fraction of sp³-hybridized carbons (Fsp3) is 0.303. The van der Waals surface area contributed by atoms with Gasteiger partial charge in [-0.25, -0.2) is 18.0 Å². The van der Waals surface area contributed by atoms with E-state index in [9.17, 15) is 28.0 Å². The molecule has 6 rings (SSSR count). The molecule has 3 aromatic carbocycles. The minimum Gasteiger partial charge on any atom is -0.364 e. The van der Waals surface area contributed by atoms with Crippen LogP contribution in [0, 0.1) is 5.82 Å². The maximum Gasteiger partial charge on any atom is 0.322 e. The van der Waals surface area contributed by atoms with E-state index >= 15 is 4.39 Å². The molecule has 2 fully saturated rings. The molecule has 4 N–H and O–H groups in total. The number of rotatable bonds is 7. The number of alkyl halides is 3. The van der Waals surface area contributed by atoms with Crippen molar-refractivity contribution in [3.63, 3.8) is 0 Å². The number of aromatic nitrogens is 2. The summed E-state index contributed by atoms with van der Waals surface area (Å²) < 4.78 is 44.2. The van der Waals surface area contributed by atoms with Crippen LogP contribution in [0.15, 0.2) is 60.7 Å². The Kier molecular flexibility index (Phi) is 9.75. The van der Waals surface area contributed by atoms with Crippen molar-refractivity contribution in [1.82, 2.24) is 19.6 Å². The lowest BCUT2D eigenvalue weighted by Crippen LogP contribution is -2.47. The van der Waals surface area contributed by atoms with E-state index in [0.29, 0.717) is 28.9 Å². The Hall–Kier alpha value is -4.38. The highest BCUT2D eigenvalue weighted by Gasteiger charge is 2.40. The van der Waals surface area contributed by atoms with Gasteiger partial charge in [0, 0.05) is 40.2 Å². The highest BCUT2D eigenvalue weighted by Crippen LogP contribution is 2.35. The number of urea groups is 1. The first-order valence-corrected chi connectivity index (χ1v) is 17.0. The molecule has 16 heteroatoms. The highest BCUT2D eigenvalue weighted by molar-refractivity contribution is 14.1. The minimum atomic E-state index is -2.98. The van der Waals surface area contributed by atoms with E-state index < -0.39 is 48.1 Å². The number of primary amides is 1. The zero-order chi connectivity index (χ0) is 35.0. The molecule has 2 atom stereocenters. The SMILES string of the molecule is NC(=O)c1nn(CC(=O)N2[C@H](I)CC[C@H]2C(=O)Nc2cccc(-c3ccccc3Cl)c2F)c2ccc(NC(=O)N3CCCC(F)(F)C3)cc12. The minimum absolute atomic E-state index is 0.0622. The topological polar surface area (TPSA) is 143 Å². The molecule has 0 saturated carbocycles. The quantitative estimate of drug-likeness (QED) is 0.115. The van der Waals surface area contributed by atoms with Crippen molar-refractivity contribution < 1.29 is 32.3 Å². The normalized spacial score (nSPS) is 18.8. The second-order valence-electron chi connectivity index (χ2n) is 11.9. The standard InChI is InChI=1S/C33H30ClF3IN7O4/c34-22-7-2-1-5-19(22)20-6-3-8-23(28(20)35)41-31(48)25-11-12-26(38)45(25)27(46)16-44-24-10-9-18(15-21(24)29(42-44)30(39)47)40-32(49)43-14-4-13-33(36,37)17-43/h1-3,5-10,15,25-26H,4,11-14,16-17H2,(H2,39,47)(H,40,49)(H,41,48)/t25-,26-/m0/s1. The number of hydrogen-bond acceptors (Lipinski definition) is 5. The summed E-state index contributed by atoms with van der Waals surface area (Å²) in [5.74, 6) is -5.58. The number of fused-ring (bicyclic) bond motifs is 1. The van der Waals surface area contributed by atoms with Gasteiger partial charge in [-0.1, -0.05) is 64.5 Å². The van der Waals surface area contributed by atoms with E-state index in [2.05, 4.69) is 38.3 Å². The third-order valence-electron chi connectivity index (χ3n) is 8.53. The van der Waals surface area contributed by atoms with E-state index in [1.54, 1.807) is 36.4 Å². The van der Waals surface area contributed by atoms with Crippen LogP contribution in [-0.2, 0) is 16.1 Å². The molecule has 256 valence electrons. The molecule has 1 aromatic heterocycles. The summed E-state index contributed by atoms with van der Waals surface area (Å²) in [4.78, 5) is 54.7. The molecule has 2 aliphatic heterocycles. The van der Waals surface area contributed by atoms with Gasteiger partial charge in [-0.15, -0.1) is 0 Å². The fourth-order valence-electron chi connectivity index (χ4n) is 6.20. The van der Waals surface area contributed by atoms with Crippen molar-refractivity contribution in [3.05, 3.63) is 77.2 Å². The number of nitrogens with zero attached hydrogens (tertiary/aromatic N) is 4. The molecule has 0 unspecified atom stereocenters. The second-order valence-corrected chi connectivity index (χ2v) is 13.7. The molecule has 5 amide bonds. The van der Waals surface area contributed by atoms with Crippen molar-refractivity contribution in [2.75, 3.05) is 23.7 Å². The Labute approximate surface area is 297 Å². The van der Waals surface area contributed by atoms with Gasteiger partial charge in [-0.2, -0.15) is 5.10 Å². The van der Waals surface area contributed by atoms with Gasteiger partial charge in [0.15, 0.2) is 11.5 Å². The fourth-order valence-corrected chi connectivity index (χ4v) is 7.50. The number of piperidine rings is 1. The van der Waals surface area contributed by atoms with E-state index in [1.165, 1.54) is 33.8 Å². The summed E-state index contributed by atoms with van der Waals surface area (Å²) in [6.45, 7) is -0.893. The number of likely N-dealkylation sites (tertiary alicyclic amines) is 2. The smallest absolute Gasteiger partial charge is 0.322 e. The Morgan fingerprint density at radius 2 is 1.78 bits per heavy atom. The van der Waals surface area contributed by atoms with Crippen molar-refractivity contribution in [2.24, 2.45) is 5.73 Å². The zero-order valence-electron chi connectivity index (χ0n) is 25.8. The van der Waals surface area contributed by atoms with Crippen LogP contribution in [0.2, 0.25) is 5.02 Å². The molecule has 2 saturated heterocycles. The number of nitrogens with one attached hydrogen (secondary N) is 2. The predicted molar refractivity (Wildman–Crippen MR) is 186 cm³/mol. The van der Waals surface area contributed by atoms with Crippen LogP contribution < -0.4 is 16.4 Å². The maximum absolute atomic E-state index is 15.6. The van der Waals surface area contributed by atoms with Crippen molar-refractivity contribution in [1.29, 1.82) is 0 Å². The molecule has 0 bridgehead atoms.